The zero-order chi connectivity index (χ0) is 14.3. The lowest BCUT2D eigenvalue weighted by Gasteiger charge is -2.07. The number of hydrogen-bond donors (Lipinski definition) is 2. The molecule has 0 amide bonds. The molecular formula is C15H14FN3O. The second kappa shape index (κ2) is 4.52. The number of phenols is 1. The minimum atomic E-state index is -0.293. The van der Waals surface area contributed by atoms with E-state index in [0.29, 0.717) is 18.1 Å². The molecular weight excluding hydrogens is 257 g/mol. The van der Waals surface area contributed by atoms with E-state index >= 15 is 0 Å². The van der Waals surface area contributed by atoms with Crippen molar-refractivity contribution in [2.75, 3.05) is 5.73 Å². The molecule has 0 unspecified atom stereocenters. The number of nitrogens with zero attached hydrogens (tertiary/aromatic N) is 2. The van der Waals surface area contributed by atoms with E-state index < -0.39 is 0 Å². The molecule has 0 radical (unpaired) electrons. The van der Waals surface area contributed by atoms with E-state index in [-0.39, 0.29) is 11.6 Å². The van der Waals surface area contributed by atoms with Crippen LogP contribution in [0.3, 0.4) is 0 Å². The minimum absolute atomic E-state index is 0.0170. The average molecular weight is 271 g/mol. The van der Waals surface area contributed by atoms with Crippen molar-refractivity contribution in [3.8, 4) is 17.1 Å². The number of aromatic nitrogens is 2. The maximum Gasteiger partial charge on any atom is 0.141 e. The van der Waals surface area contributed by atoms with Crippen LogP contribution in [0.1, 0.15) is 6.92 Å². The SMILES string of the molecule is CCn1c(-c2ccc(N)c(O)c2)nc2ccc(F)cc21. The lowest BCUT2D eigenvalue weighted by molar-refractivity contribution is 0.478. The summed E-state index contributed by atoms with van der Waals surface area (Å²) in [6.07, 6.45) is 0. The molecule has 0 aliphatic rings. The van der Waals surface area contributed by atoms with Crippen molar-refractivity contribution in [1.82, 2.24) is 9.55 Å². The van der Waals surface area contributed by atoms with Gasteiger partial charge < -0.3 is 15.4 Å². The van der Waals surface area contributed by atoms with E-state index in [1.54, 1.807) is 24.3 Å². The number of aryl methyl sites for hydroxylation is 1. The van der Waals surface area contributed by atoms with E-state index in [1.165, 1.54) is 12.1 Å². The van der Waals surface area contributed by atoms with Gasteiger partial charge in [-0.05, 0) is 43.3 Å². The number of imidazole rings is 1. The third-order valence-electron chi connectivity index (χ3n) is 3.32. The molecule has 0 bridgehead atoms. The molecule has 0 atom stereocenters. The lowest BCUT2D eigenvalue weighted by Crippen LogP contribution is -1.98. The summed E-state index contributed by atoms with van der Waals surface area (Å²) in [4.78, 5) is 4.51. The summed E-state index contributed by atoms with van der Waals surface area (Å²) in [7, 11) is 0. The topological polar surface area (TPSA) is 64.1 Å². The molecule has 0 aliphatic carbocycles. The number of rotatable bonds is 2. The first-order valence-electron chi connectivity index (χ1n) is 6.35. The number of anilines is 1. The van der Waals surface area contributed by atoms with Gasteiger partial charge in [-0.25, -0.2) is 9.37 Å². The molecule has 1 heterocycles. The van der Waals surface area contributed by atoms with E-state index in [9.17, 15) is 9.50 Å². The molecule has 1 aromatic heterocycles. The first-order valence-corrected chi connectivity index (χ1v) is 6.35. The molecule has 5 heteroatoms. The molecule has 0 spiro atoms. The number of benzene rings is 2. The van der Waals surface area contributed by atoms with Crippen molar-refractivity contribution in [3.63, 3.8) is 0 Å². The number of nitrogen functional groups attached to an aromatic ring is 1. The van der Waals surface area contributed by atoms with E-state index in [4.69, 9.17) is 5.73 Å². The van der Waals surface area contributed by atoms with E-state index in [0.717, 1.165) is 16.6 Å². The van der Waals surface area contributed by atoms with Crippen LogP contribution in [-0.4, -0.2) is 14.7 Å². The van der Waals surface area contributed by atoms with E-state index in [1.807, 2.05) is 11.5 Å². The molecule has 4 nitrogen and oxygen atoms in total. The van der Waals surface area contributed by atoms with Crippen LogP contribution in [0.5, 0.6) is 5.75 Å². The van der Waals surface area contributed by atoms with Gasteiger partial charge >= 0.3 is 0 Å². The Morgan fingerprint density at radius 2 is 2.05 bits per heavy atom. The van der Waals surface area contributed by atoms with Gasteiger partial charge in [0.15, 0.2) is 0 Å². The van der Waals surface area contributed by atoms with Crippen molar-refractivity contribution >= 4 is 16.7 Å². The van der Waals surface area contributed by atoms with Crippen molar-refractivity contribution in [2.24, 2.45) is 0 Å². The normalized spacial score (nSPS) is 11.1. The Bertz CT molecular complexity index is 795. The fraction of sp³-hybridized carbons (Fsp3) is 0.133. The molecule has 102 valence electrons. The molecule has 3 N–H and O–H groups in total. The van der Waals surface area contributed by atoms with Crippen molar-refractivity contribution < 1.29 is 9.50 Å². The highest BCUT2D eigenvalue weighted by Gasteiger charge is 2.13. The summed E-state index contributed by atoms with van der Waals surface area (Å²) >= 11 is 0. The van der Waals surface area contributed by atoms with Gasteiger partial charge in [-0.15, -0.1) is 0 Å². The highest BCUT2D eigenvalue weighted by molar-refractivity contribution is 5.81. The number of nitrogens with two attached hydrogens (primary N) is 1. The van der Waals surface area contributed by atoms with E-state index in [2.05, 4.69) is 4.98 Å². The molecule has 3 aromatic rings. The van der Waals surface area contributed by atoms with Gasteiger partial charge in [0.05, 0.1) is 16.7 Å². The average Bonchev–Trinajstić information content (AvgIpc) is 2.79. The number of fused-ring (bicyclic) bond motifs is 1. The monoisotopic (exact) mass is 271 g/mol. The summed E-state index contributed by atoms with van der Waals surface area (Å²) in [5, 5.41) is 9.72. The number of phenolic OH excluding ortho intramolecular Hbond substituents is 1. The van der Waals surface area contributed by atoms with Crippen molar-refractivity contribution in [3.05, 3.63) is 42.2 Å². The van der Waals surface area contributed by atoms with Crippen LogP contribution >= 0.6 is 0 Å². The van der Waals surface area contributed by atoms with Gasteiger partial charge in [0.25, 0.3) is 0 Å². The molecule has 2 aromatic carbocycles. The predicted octanol–water partition coefficient (Wildman–Crippen LogP) is 3.15. The fourth-order valence-corrected chi connectivity index (χ4v) is 2.32. The summed E-state index contributed by atoms with van der Waals surface area (Å²) in [5.74, 6) is 0.408. The number of aromatic hydroxyl groups is 1. The van der Waals surface area contributed by atoms with Crippen molar-refractivity contribution in [1.29, 1.82) is 0 Å². The Balaban J connectivity index is 2.27. The largest absolute Gasteiger partial charge is 0.506 e. The summed E-state index contributed by atoms with van der Waals surface area (Å²) < 4.78 is 15.3. The molecule has 0 aliphatic heterocycles. The zero-order valence-corrected chi connectivity index (χ0v) is 11.0. The van der Waals surface area contributed by atoms with Gasteiger partial charge in [-0.1, -0.05) is 0 Å². The Morgan fingerprint density at radius 1 is 1.25 bits per heavy atom. The van der Waals surface area contributed by atoms with Gasteiger partial charge in [-0.2, -0.15) is 0 Å². The minimum Gasteiger partial charge on any atom is -0.506 e. The van der Waals surface area contributed by atoms with Crippen LogP contribution in [0, 0.1) is 5.82 Å². The first kappa shape index (κ1) is 12.5. The van der Waals surface area contributed by atoms with Gasteiger partial charge in [0, 0.05) is 12.1 Å². The quantitative estimate of drug-likeness (QED) is 0.556. The summed E-state index contributed by atoms with van der Waals surface area (Å²) in [5.41, 5.74) is 8.13. The predicted molar refractivity (Wildman–Crippen MR) is 76.9 cm³/mol. The Morgan fingerprint density at radius 3 is 2.75 bits per heavy atom. The lowest BCUT2D eigenvalue weighted by atomic mass is 10.2. The van der Waals surface area contributed by atoms with Crippen molar-refractivity contribution in [2.45, 2.75) is 13.5 Å². The summed E-state index contributed by atoms with van der Waals surface area (Å²) in [6.45, 7) is 2.62. The fourth-order valence-electron chi connectivity index (χ4n) is 2.32. The third-order valence-corrected chi connectivity index (χ3v) is 3.32. The maximum atomic E-state index is 13.4. The third kappa shape index (κ3) is 1.87. The zero-order valence-electron chi connectivity index (χ0n) is 11.0. The molecule has 0 saturated heterocycles. The second-order valence-electron chi connectivity index (χ2n) is 4.59. The Kier molecular flexibility index (Phi) is 2.82. The molecule has 0 saturated carbocycles. The van der Waals surface area contributed by atoms with Crippen LogP contribution < -0.4 is 5.73 Å². The van der Waals surface area contributed by atoms with Gasteiger partial charge in [0.2, 0.25) is 0 Å². The number of hydrogen-bond acceptors (Lipinski definition) is 3. The molecule has 0 fully saturated rings. The molecule has 20 heavy (non-hydrogen) atoms. The Labute approximate surface area is 115 Å². The van der Waals surface area contributed by atoms with Gasteiger partial charge in [-0.3, -0.25) is 0 Å². The second-order valence-corrected chi connectivity index (χ2v) is 4.59. The summed E-state index contributed by atoms with van der Waals surface area (Å²) in [6, 6.07) is 9.49. The highest BCUT2D eigenvalue weighted by Crippen LogP contribution is 2.30. The van der Waals surface area contributed by atoms with Crippen LogP contribution in [0.4, 0.5) is 10.1 Å². The Hall–Kier alpha value is -2.56. The maximum absolute atomic E-state index is 13.4. The molecule has 3 rings (SSSR count). The van der Waals surface area contributed by atoms with Gasteiger partial charge in [0.1, 0.15) is 17.4 Å². The number of halogens is 1. The van der Waals surface area contributed by atoms with Crippen LogP contribution in [-0.2, 0) is 6.54 Å². The first-order chi connectivity index (χ1) is 9.60. The smallest absolute Gasteiger partial charge is 0.141 e. The highest BCUT2D eigenvalue weighted by atomic mass is 19.1. The van der Waals surface area contributed by atoms with Crippen LogP contribution in [0.15, 0.2) is 36.4 Å². The van der Waals surface area contributed by atoms with Crippen LogP contribution in [0.2, 0.25) is 0 Å². The van der Waals surface area contributed by atoms with Crippen LogP contribution in [0.25, 0.3) is 22.4 Å². The standard InChI is InChI=1S/C15H14FN3O/c1-2-19-13-8-10(16)4-6-12(13)18-15(19)9-3-5-11(17)14(20)7-9/h3-8,20H,2,17H2,1H3.